The van der Waals surface area contributed by atoms with Crippen molar-refractivity contribution >= 4 is 65.4 Å². The molecule has 0 aliphatic heterocycles. The Bertz CT molecular complexity index is 2430. The molecule has 0 fully saturated rings. The topological polar surface area (TPSA) is 43.9 Å². The molecule has 4 heteroatoms. The number of aromatic nitrogens is 3. The number of nitrogens with zero attached hydrogens (tertiary/aromatic N) is 3. The summed E-state index contributed by atoms with van der Waals surface area (Å²) in [4.78, 5) is 10.4. The van der Waals surface area contributed by atoms with Crippen molar-refractivity contribution in [2.75, 3.05) is 0 Å². The fraction of sp³-hybridized carbons (Fsp3) is 0. The van der Waals surface area contributed by atoms with E-state index in [9.17, 15) is 0 Å². The van der Waals surface area contributed by atoms with Gasteiger partial charge < -0.3 is 4.42 Å². The van der Waals surface area contributed by atoms with Crippen LogP contribution in [-0.4, -0.2) is 14.5 Å². The Kier molecular flexibility index (Phi) is 4.30. The van der Waals surface area contributed by atoms with E-state index < -0.39 is 0 Å². The molecule has 6 aromatic carbocycles. The third kappa shape index (κ3) is 2.96. The molecule has 9 rings (SSSR count). The van der Waals surface area contributed by atoms with Crippen LogP contribution < -0.4 is 0 Å². The minimum atomic E-state index is 0.645. The van der Waals surface area contributed by atoms with Crippen molar-refractivity contribution in [1.82, 2.24) is 14.5 Å². The molecule has 0 amide bonds. The largest absolute Gasteiger partial charge is 0.456 e. The number of hydrogen-bond acceptors (Lipinski definition) is 3. The Balaban J connectivity index is 1.48. The average molecular weight is 512 g/mol. The predicted octanol–water partition coefficient (Wildman–Crippen LogP) is 9.45. The number of hydrogen-bond donors (Lipinski definition) is 0. The zero-order valence-corrected chi connectivity index (χ0v) is 21.4. The van der Waals surface area contributed by atoms with E-state index in [1.807, 2.05) is 18.2 Å². The van der Waals surface area contributed by atoms with E-state index in [0.717, 1.165) is 71.3 Å². The molecular weight excluding hydrogens is 490 g/mol. The van der Waals surface area contributed by atoms with E-state index in [1.54, 1.807) is 0 Å². The molecule has 0 aliphatic rings. The van der Waals surface area contributed by atoms with Crippen LogP contribution in [0.3, 0.4) is 0 Å². The number of benzene rings is 6. The van der Waals surface area contributed by atoms with Gasteiger partial charge in [-0.05, 0) is 47.2 Å². The Morgan fingerprint density at radius 1 is 0.525 bits per heavy atom. The minimum absolute atomic E-state index is 0.645. The van der Waals surface area contributed by atoms with Gasteiger partial charge in [0.2, 0.25) is 5.95 Å². The molecule has 3 aromatic heterocycles. The second-order valence-corrected chi connectivity index (χ2v) is 10.2. The highest BCUT2D eigenvalue weighted by molar-refractivity contribution is 6.25. The monoisotopic (exact) mass is 511 g/mol. The normalized spacial score (nSPS) is 12.0. The van der Waals surface area contributed by atoms with Crippen molar-refractivity contribution < 1.29 is 4.42 Å². The molecule has 0 bridgehead atoms. The first kappa shape index (κ1) is 21.5. The summed E-state index contributed by atoms with van der Waals surface area (Å²) in [5, 5.41) is 7.86. The Labute approximate surface area is 228 Å². The van der Waals surface area contributed by atoms with Gasteiger partial charge in [-0.2, -0.15) is 0 Å². The zero-order valence-electron chi connectivity index (χ0n) is 21.4. The lowest BCUT2D eigenvalue weighted by Gasteiger charge is -2.12. The molecule has 0 atom stereocenters. The fourth-order valence-electron chi connectivity index (χ4n) is 6.19. The molecule has 0 saturated heterocycles. The van der Waals surface area contributed by atoms with Crippen LogP contribution in [0.1, 0.15) is 0 Å². The van der Waals surface area contributed by atoms with Gasteiger partial charge in [0, 0.05) is 27.1 Å². The highest BCUT2D eigenvalue weighted by Crippen LogP contribution is 2.41. The highest BCUT2D eigenvalue weighted by Gasteiger charge is 2.21. The molecule has 4 nitrogen and oxygen atoms in total. The Hall–Kier alpha value is -5.48. The molecule has 186 valence electrons. The van der Waals surface area contributed by atoms with Crippen molar-refractivity contribution in [2.24, 2.45) is 0 Å². The van der Waals surface area contributed by atoms with Gasteiger partial charge in [-0.25, -0.2) is 9.97 Å². The number of para-hydroxylation sites is 2. The quantitative estimate of drug-likeness (QED) is 0.232. The lowest BCUT2D eigenvalue weighted by Crippen LogP contribution is -2.03. The molecule has 0 unspecified atom stereocenters. The van der Waals surface area contributed by atoms with Crippen molar-refractivity contribution in [3.05, 3.63) is 127 Å². The second-order valence-electron chi connectivity index (χ2n) is 10.2. The van der Waals surface area contributed by atoms with Crippen molar-refractivity contribution in [1.29, 1.82) is 0 Å². The van der Waals surface area contributed by atoms with Crippen LogP contribution >= 0.6 is 0 Å². The first-order valence-corrected chi connectivity index (χ1v) is 13.4. The van der Waals surface area contributed by atoms with E-state index >= 15 is 0 Å². The van der Waals surface area contributed by atoms with Gasteiger partial charge in [0.05, 0.1) is 27.6 Å². The molecule has 0 saturated carbocycles. The summed E-state index contributed by atoms with van der Waals surface area (Å²) in [5.41, 5.74) is 6.74. The summed E-state index contributed by atoms with van der Waals surface area (Å²) in [6, 6.07) is 44.2. The van der Waals surface area contributed by atoms with Gasteiger partial charge in [-0.1, -0.05) is 91.0 Å². The third-order valence-corrected chi connectivity index (χ3v) is 7.97. The van der Waals surface area contributed by atoms with Crippen LogP contribution in [-0.2, 0) is 0 Å². The summed E-state index contributed by atoms with van der Waals surface area (Å²) in [5.74, 6) is 0.645. The SMILES string of the molecule is c1ccc(-c2nc(-n3c4ccccc4c4ccc5oc6cc7ccccc7cc6c5c43)nc3ccccc23)cc1. The molecule has 0 aliphatic carbocycles. The number of furan rings is 1. The summed E-state index contributed by atoms with van der Waals surface area (Å²) in [6.07, 6.45) is 0. The third-order valence-electron chi connectivity index (χ3n) is 7.97. The van der Waals surface area contributed by atoms with Crippen molar-refractivity contribution in [3.8, 4) is 17.2 Å². The fourth-order valence-corrected chi connectivity index (χ4v) is 6.19. The van der Waals surface area contributed by atoms with E-state index in [0.29, 0.717) is 5.95 Å². The maximum absolute atomic E-state index is 6.46. The summed E-state index contributed by atoms with van der Waals surface area (Å²) < 4.78 is 8.68. The molecule has 9 aromatic rings. The van der Waals surface area contributed by atoms with E-state index in [4.69, 9.17) is 14.4 Å². The molecule has 0 N–H and O–H groups in total. The van der Waals surface area contributed by atoms with Crippen LogP contribution in [0.2, 0.25) is 0 Å². The van der Waals surface area contributed by atoms with E-state index in [2.05, 4.69) is 114 Å². The zero-order chi connectivity index (χ0) is 26.2. The minimum Gasteiger partial charge on any atom is -0.456 e. The van der Waals surface area contributed by atoms with Crippen molar-refractivity contribution in [2.45, 2.75) is 0 Å². The van der Waals surface area contributed by atoms with E-state index in [-0.39, 0.29) is 0 Å². The highest BCUT2D eigenvalue weighted by atomic mass is 16.3. The van der Waals surface area contributed by atoms with Crippen LogP contribution in [0.25, 0.3) is 82.6 Å². The second kappa shape index (κ2) is 8.01. The predicted molar refractivity (Wildman–Crippen MR) is 164 cm³/mol. The summed E-state index contributed by atoms with van der Waals surface area (Å²) in [6.45, 7) is 0. The van der Waals surface area contributed by atoms with E-state index in [1.165, 1.54) is 5.39 Å². The first-order valence-electron chi connectivity index (χ1n) is 13.4. The average Bonchev–Trinajstić information content (AvgIpc) is 3.54. The van der Waals surface area contributed by atoms with Gasteiger partial charge in [0.15, 0.2) is 0 Å². The molecule has 0 spiro atoms. The van der Waals surface area contributed by atoms with Crippen LogP contribution in [0, 0.1) is 0 Å². The molecular formula is C36H21N3O. The summed E-state index contributed by atoms with van der Waals surface area (Å²) >= 11 is 0. The molecule has 0 radical (unpaired) electrons. The molecule has 40 heavy (non-hydrogen) atoms. The first-order chi connectivity index (χ1) is 19.8. The van der Waals surface area contributed by atoms with Crippen LogP contribution in [0.15, 0.2) is 132 Å². The van der Waals surface area contributed by atoms with Gasteiger partial charge in [-0.15, -0.1) is 0 Å². The number of rotatable bonds is 2. The summed E-state index contributed by atoms with van der Waals surface area (Å²) in [7, 11) is 0. The smallest absolute Gasteiger partial charge is 0.235 e. The Morgan fingerprint density at radius 2 is 1.25 bits per heavy atom. The Morgan fingerprint density at radius 3 is 2.12 bits per heavy atom. The van der Waals surface area contributed by atoms with Crippen LogP contribution in [0.5, 0.6) is 0 Å². The van der Waals surface area contributed by atoms with Crippen molar-refractivity contribution in [3.63, 3.8) is 0 Å². The standard InChI is InChI=1S/C36H21N3O/c1-2-10-22(11-3-1)34-27-15-6-8-16-29(27)37-36(38-34)39-30-17-9-7-14-25(30)26-18-19-31-33(35(26)39)28-20-23-12-4-5-13-24(23)21-32(28)40-31/h1-21H. The van der Waals surface area contributed by atoms with Gasteiger partial charge in [0.25, 0.3) is 0 Å². The maximum atomic E-state index is 6.46. The lowest BCUT2D eigenvalue weighted by atomic mass is 10.0. The number of fused-ring (bicyclic) bond motifs is 9. The van der Waals surface area contributed by atoms with Gasteiger partial charge in [0.1, 0.15) is 11.2 Å². The molecule has 3 heterocycles. The van der Waals surface area contributed by atoms with Crippen LogP contribution in [0.4, 0.5) is 0 Å². The van der Waals surface area contributed by atoms with Gasteiger partial charge >= 0.3 is 0 Å². The van der Waals surface area contributed by atoms with Gasteiger partial charge in [-0.3, -0.25) is 4.57 Å². The maximum Gasteiger partial charge on any atom is 0.235 e. The lowest BCUT2D eigenvalue weighted by molar-refractivity contribution is 0.669.